The number of benzene rings is 1. The third-order valence-electron chi connectivity index (χ3n) is 3.73. The summed E-state index contributed by atoms with van der Waals surface area (Å²) in [5.74, 6) is 0.435. The molecule has 0 aromatic heterocycles. The lowest BCUT2D eigenvalue weighted by molar-refractivity contribution is 0.183. The third kappa shape index (κ3) is 4.82. The van der Waals surface area contributed by atoms with Crippen molar-refractivity contribution in [3.63, 3.8) is 0 Å². The fourth-order valence-corrected chi connectivity index (χ4v) is 2.40. The van der Waals surface area contributed by atoms with E-state index in [4.69, 9.17) is 11.5 Å². The highest BCUT2D eigenvalue weighted by molar-refractivity contribution is 5.81. The summed E-state index contributed by atoms with van der Waals surface area (Å²) in [4.78, 5) is 2.30. The number of halogens is 1. The molecule has 0 atom stereocenters. The zero-order chi connectivity index (χ0) is 15.2. The van der Waals surface area contributed by atoms with Gasteiger partial charge >= 0.3 is 0 Å². The predicted octanol–water partition coefficient (Wildman–Crippen LogP) is 1.66. The highest BCUT2D eigenvalue weighted by atomic mass is 19.1. The second-order valence-corrected chi connectivity index (χ2v) is 5.58. The maximum absolute atomic E-state index is 14.1. The number of piperidine rings is 1. The first-order chi connectivity index (χ1) is 10.0. The molecule has 2 rings (SSSR count). The van der Waals surface area contributed by atoms with E-state index in [0.29, 0.717) is 17.7 Å². The number of hydrogen-bond donors (Lipinski definition) is 2. The molecule has 0 radical (unpaired) electrons. The number of guanidine groups is 1. The van der Waals surface area contributed by atoms with Gasteiger partial charge in [-0.25, -0.2) is 4.39 Å². The standard InChI is InChI=1S/C15H22FN5/c1-11-4-6-21(7-5-11)10-13-3-2-12(8-14(13)16)9-19-20-15(17)18/h2-3,8-9,11H,4-7,10H2,1H3,(H4,17,18,20). The Labute approximate surface area is 124 Å². The van der Waals surface area contributed by atoms with Crippen LogP contribution in [0.15, 0.2) is 28.4 Å². The first-order valence-corrected chi connectivity index (χ1v) is 7.17. The lowest BCUT2D eigenvalue weighted by Crippen LogP contribution is -2.32. The maximum Gasteiger partial charge on any atom is 0.211 e. The molecule has 1 aromatic rings. The summed E-state index contributed by atoms with van der Waals surface area (Å²) in [6, 6.07) is 5.06. The molecule has 4 N–H and O–H groups in total. The summed E-state index contributed by atoms with van der Waals surface area (Å²) >= 11 is 0. The fraction of sp³-hybridized carbons (Fsp3) is 0.467. The van der Waals surface area contributed by atoms with Crippen molar-refractivity contribution in [2.24, 2.45) is 27.6 Å². The summed E-state index contributed by atoms with van der Waals surface area (Å²) < 4.78 is 14.1. The molecule has 1 aliphatic rings. The number of rotatable bonds is 4. The van der Waals surface area contributed by atoms with Crippen molar-refractivity contribution < 1.29 is 4.39 Å². The summed E-state index contributed by atoms with van der Waals surface area (Å²) in [5.41, 5.74) is 11.7. The molecule has 1 aliphatic heterocycles. The van der Waals surface area contributed by atoms with Gasteiger partial charge in [-0.2, -0.15) is 5.10 Å². The first-order valence-electron chi connectivity index (χ1n) is 7.17. The minimum absolute atomic E-state index is 0.123. The average molecular weight is 291 g/mol. The SMILES string of the molecule is CC1CCN(Cc2ccc(C=NN=C(N)N)cc2F)CC1. The van der Waals surface area contributed by atoms with Crippen LogP contribution in [0.4, 0.5) is 4.39 Å². The second-order valence-electron chi connectivity index (χ2n) is 5.58. The van der Waals surface area contributed by atoms with Crippen molar-refractivity contribution >= 4 is 12.2 Å². The van der Waals surface area contributed by atoms with Crippen molar-refractivity contribution in [3.05, 3.63) is 35.1 Å². The van der Waals surface area contributed by atoms with Gasteiger partial charge in [-0.15, -0.1) is 5.10 Å². The van der Waals surface area contributed by atoms with E-state index in [1.54, 1.807) is 6.07 Å². The highest BCUT2D eigenvalue weighted by Crippen LogP contribution is 2.19. The molecule has 114 valence electrons. The van der Waals surface area contributed by atoms with E-state index in [-0.39, 0.29) is 11.8 Å². The van der Waals surface area contributed by atoms with Crippen molar-refractivity contribution in [2.45, 2.75) is 26.3 Å². The Morgan fingerprint density at radius 2 is 2.10 bits per heavy atom. The van der Waals surface area contributed by atoms with Gasteiger partial charge in [-0.05, 0) is 43.5 Å². The molecule has 0 amide bonds. The molecule has 0 aliphatic carbocycles. The molecule has 1 fully saturated rings. The third-order valence-corrected chi connectivity index (χ3v) is 3.73. The van der Waals surface area contributed by atoms with Crippen LogP contribution >= 0.6 is 0 Å². The molecular formula is C15H22FN5. The number of nitrogens with two attached hydrogens (primary N) is 2. The minimum Gasteiger partial charge on any atom is -0.369 e. The van der Waals surface area contributed by atoms with E-state index in [1.165, 1.54) is 25.1 Å². The van der Waals surface area contributed by atoms with E-state index in [9.17, 15) is 4.39 Å². The Morgan fingerprint density at radius 1 is 1.38 bits per heavy atom. The molecule has 6 heteroatoms. The van der Waals surface area contributed by atoms with Gasteiger partial charge in [-0.3, -0.25) is 4.90 Å². The Hall–Kier alpha value is -1.95. The monoisotopic (exact) mass is 291 g/mol. The van der Waals surface area contributed by atoms with Gasteiger partial charge in [0.15, 0.2) is 0 Å². The smallest absolute Gasteiger partial charge is 0.211 e. The van der Waals surface area contributed by atoms with Crippen molar-refractivity contribution in [1.82, 2.24) is 4.90 Å². The van der Waals surface area contributed by atoms with Gasteiger partial charge in [-0.1, -0.05) is 19.1 Å². The van der Waals surface area contributed by atoms with Crippen molar-refractivity contribution in [3.8, 4) is 0 Å². The van der Waals surface area contributed by atoms with E-state index < -0.39 is 0 Å². The van der Waals surface area contributed by atoms with Crippen LogP contribution in [0.5, 0.6) is 0 Å². The van der Waals surface area contributed by atoms with E-state index in [2.05, 4.69) is 22.0 Å². The Bertz CT molecular complexity index is 529. The molecular weight excluding hydrogens is 269 g/mol. The zero-order valence-electron chi connectivity index (χ0n) is 12.3. The molecule has 0 unspecified atom stereocenters. The van der Waals surface area contributed by atoms with Crippen LogP contribution in [-0.4, -0.2) is 30.2 Å². The molecule has 1 saturated heterocycles. The van der Waals surface area contributed by atoms with Crippen LogP contribution in [0.2, 0.25) is 0 Å². The highest BCUT2D eigenvalue weighted by Gasteiger charge is 2.16. The quantitative estimate of drug-likeness (QED) is 0.503. The molecule has 5 nitrogen and oxygen atoms in total. The number of nitrogens with zero attached hydrogens (tertiary/aromatic N) is 3. The molecule has 1 heterocycles. The average Bonchev–Trinajstić information content (AvgIpc) is 2.44. The van der Waals surface area contributed by atoms with Gasteiger partial charge in [0.2, 0.25) is 5.96 Å². The number of likely N-dealkylation sites (tertiary alicyclic amines) is 1. The van der Waals surface area contributed by atoms with Crippen LogP contribution < -0.4 is 11.5 Å². The van der Waals surface area contributed by atoms with Crippen LogP contribution in [0.1, 0.15) is 30.9 Å². The summed E-state index contributed by atoms with van der Waals surface area (Å²) in [6.07, 6.45) is 3.80. The summed E-state index contributed by atoms with van der Waals surface area (Å²) in [6.45, 7) is 5.00. The molecule has 0 saturated carbocycles. The Kier molecular flexibility index (Phi) is 5.27. The van der Waals surface area contributed by atoms with Crippen LogP contribution in [0.3, 0.4) is 0 Å². The van der Waals surface area contributed by atoms with Gasteiger partial charge in [0.1, 0.15) is 5.82 Å². The van der Waals surface area contributed by atoms with E-state index in [0.717, 1.165) is 19.0 Å². The van der Waals surface area contributed by atoms with Crippen LogP contribution in [-0.2, 0) is 6.54 Å². The maximum atomic E-state index is 14.1. The first kappa shape index (κ1) is 15.4. The van der Waals surface area contributed by atoms with Crippen LogP contribution in [0, 0.1) is 11.7 Å². The lowest BCUT2D eigenvalue weighted by Gasteiger charge is -2.30. The fourth-order valence-electron chi connectivity index (χ4n) is 2.40. The lowest BCUT2D eigenvalue weighted by atomic mass is 9.98. The largest absolute Gasteiger partial charge is 0.369 e. The topological polar surface area (TPSA) is 80.0 Å². The minimum atomic E-state index is -0.220. The van der Waals surface area contributed by atoms with Gasteiger partial charge in [0.25, 0.3) is 0 Å². The molecule has 21 heavy (non-hydrogen) atoms. The van der Waals surface area contributed by atoms with Crippen molar-refractivity contribution in [2.75, 3.05) is 13.1 Å². The molecule has 0 bridgehead atoms. The van der Waals surface area contributed by atoms with Gasteiger partial charge < -0.3 is 11.5 Å². The Balaban J connectivity index is 1.99. The van der Waals surface area contributed by atoms with Crippen LogP contribution in [0.25, 0.3) is 0 Å². The van der Waals surface area contributed by atoms with E-state index >= 15 is 0 Å². The molecule has 0 spiro atoms. The zero-order valence-corrected chi connectivity index (χ0v) is 12.3. The Morgan fingerprint density at radius 3 is 2.71 bits per heavy atom. The van der Waals surface area contributed by atoms with E-state index in [1.807, 2.05) is 6.07 Å². The molecule has 1 aromatic carbocycles. The van der Waals surface area contributed by atoms with Crippen molar-refractivity contribution in [1.29, 1.82) is 0 Å². The van der Waals surface area contributed by atoms with Gasteiger partial charge in [0.05, 0.1) is 6.21 Å². The summed E-state index contributed by atoms with van der Waals surface area (Å²) in [7, 11) is 0. The van der Waals surface area contributed by atoms with Gasteiger partial charge in [0, 0.05) is 12.1 Å². The second kappa shape index (κ2) is 7.17. The number of hydrogen-bond acceptors (Lipinski definition) is 3. The predicted molar refractivity (Wildman–Crippen MR) is 83.5 cm³/mol. The summed E-state index contributed by atoms with van der Waals surface area (Å²) in [5, 5.41) is 7.16. The normalized spacial score (nSPS) is 17.2.